The Morgan fingerprint density at radius 2 is 1.79 bits per heavy atom. The standard InChI is InChI=1S/C29H36N4O6/c1-36-22-15-20(16-23(17-22)37-2)28-31-25-7-6-21(39-11-3-8-32-9-12-38-13-10-32)18-24(25)29(35)33(28)26(27(30)34)14-19-4-5-19/h6-7,15-19,26H,3-5,8-14H2,1-2H3,(H2,30,34). The lowest BCUT2D eigenvalue weighted by Gasteiger charge is -2.26. The summed E-state index contributed by atoms with van der Waals surface area (Å²) in [5.41, 5.74) is 6.64. The number of hydrogen-bond acceptors (Lipinski definition) is 8. The Kier molecular flexibility index (Phi) is 8.33. The Morgan fingerprint density at radius 3 is 2.44 bits per heavy atom. The van der Waals surface area contributed by atoms with Crippen LogP contribution in [0, 0.1) is 5.92 Å². The molecule has 2 heterocycles. The van der Waals surface area contributed by atoms with Crippen LogP contribution in [0.1, 0.15) is 31.7 Å². The average Bonchev–Trinajstić information content (AvgIpc) is 3.79. The van der Waals surface area contributed by atoms with Gasteiger partial charge in [-0.15, -0.1) is 0 Å². The fraction of sp³-hybridized carbons (Fsp3) is 0.483. The van der Waals surface area contributed by atoms with Gasteiger partial charge in [0.25, 0.3) is 5.56 Å². The first-order chi connectivity index (χ1) is 19.0. The van der Waals surface area contributed by atoms with E-state index in [9.17, 15) is 9.59 Å². The topological polar surface area (TPSA) is 118 Å². The predicted molar refractivity (Wildman–Crippen MR) is 147 cm³/mol. The number of nitrogens with zero attached hydrogens (tertiary/aromatic N) is 3. The largest absolute Gasteiger partial charge is 0.497 e. The Morgan fingerprint density at radius 1 is 1.08 bits per heavy atom. The van der Waals surface area contributed by atoms with E-state index in [0.717, 1.165) is 52.1 Å². The molecule has 0 bridgehead atoms. The van der Waals surface area contributed by atoms with Gasteiger partial charge in [-0.3, -0.25) is 19.1 Å². The Labute approximate surface area is 227 Å². The normalized spacial score (nSPS) is 16.7. The molecule has 1 saturated carbocycles. The molecular formula is C29H36N4O6. The van der Waals surface area contributed by atoms with Gasteiger partial charge in [-0.2, -0.15) is 0 Å². The zero-order valence-corrected chi connectivity index (χ0v) is 22.6. The SMILES string of the molecule is COc1cc(OC)cc(-c2nc3ccc(OCCCN4CCOCC4)cc3c(=O)n2C(CC2CC2)C(N)=O)c1. The summed E-state index contributed by atoms with van der Waals surface area (Å²) in [6.07, 6.45) is 3.39. The zero-order chi connectivity index (χ0) is 27.4. The maximum Gasteiger partial charge on any atom is 0.262 e. The molecule has 2 fully saturated rings. The number of carbonyl (C=O) groups excluding carboxylic acids is 1. The number of methoxy groups -OCH3 is 2. The van der Waals surface area contributed by atoms with E-state index in [1.54, 1.807) is 44.6 Å². The molecule has 10 heteroatoms. The van der Waals surface area contributed by atoms with Crippen LogP contribution in [0.2, 0.25) is 0 Å². The van der Waals surface area contributed by atoms with E-state index in [4.69, 9.17) is 29.7 Å². The maximum atomic E-state index is 14.0. The van der Waals surface area contributed by atoms with Crippen LogP contribution >= 0.6 is 0 Å². The number of aromatic nitrogens is 2. The highest BCUT2D eigenvalue weighted by molar-refractivity contribution is 5.84. The molecule has 1 atom stereocenters. The van der Waals surface area contributed by atoms with Crippen molar-refractivity contribution in [1.82, 2.24) is 14.5 Å². The first-order valence-electron chi connectivity index (χ1n) is 13.5. The number of benzene rings is 2. The number of fused-ring (bicyclic) bond motifs is 1. The minimum Gasteiger partial charge on any atom is -0.497 e. The summed E-state index contributed by atoms with van der Waals surface area (Å²) in [7, 11) is 3.11. The highest BCUT2D eigenvalue weighted by Crippen LogP contribution is 2.38. The number of amides is 1. The molecule has 1 amide bonds. The molecule has 1 aliphatic heterocycles. The fourth-order valence-corrected chi connectivity index (χ4v) is 5.02. The molecule has 39 heavy (non-hydrogen) atoms. The molecule has 2 aromatic carbocycles. The van der Waals surface area contributed by atoms with Crippen LogP contribution in [0.4, 0.5) is 0 Å². The summed E-state index contributed by atoms with van der Waals surface area (Å²) < 4.78 is 23.7. The smallest absolute Gasteiger partial charge is 0.262 e. The van der Waals surface area contributed by atoms with Crippen molar-refractivity contribution >= 4 is 16.8 Å². The van der Waals surface area contributed by atoms with Crippen molar-refractivity contribution in [3.05, 3.63) is 46.8 Å². The second kappa shape index (κ2) is 12.0. The summed E-state index contributed by atoms with van der Waals surface area (Å²) in [6.45, 7) is 4.86. The lowest BCUT2D eigenvalue weighted by atomic mass is 10.1. The number of nitrogens with two attached hydrogens (primary N) is 1. The summed E-state index contributed by atoms with van der Waals surface area (Å²) in [6, 6.07) is 9.76. The third kappa shape index (κ3) is 6.34. The number of rotatable bonds is 12. The molecule has 3 aromatic rings. The molecule has 0 radical (unpaired) electrons. The summed E-state index contributed by atoms with van der Waals surface area (Å²) in [5, 5.41) is 0.376. The summed E-state index contributed by atoms with van der Waals surface area (Å²) in [5.74, 6) is 1.82. The highest BCUT2D eigenvalue weighted by atomic mass is 16.5. The van der Waals surface area contributed by atoms with Crippen LogP contribution < -0.4 is 25.5 Å². The highest BCUT2D eigenvalue weighted by Gasteiger charge is 2.32. The Bertz CT molecular complexity index is 1360. The van der Waals surface area contributed by atoms with E-state index >= 15 is 0 Å². The van der Waals surface area contributed by atoms with Crippen LogP contribution in [0.3, 0.4) is 0 Å². The van der Waals surface area contributed by atoms with Gasteiger partial charge >= 0.3 is 0 Å². The van der Waals surface area contributed by atoms with E-state index in [1.165, 1.54) is 4.57 Å². The molecule has 1 aliphatic carbocycles. The summed E-state index contributed by atoms with van der Waals surface area (Å²) >= 11 is 0. The first kappa shape index (κ1) is 27.0. The van der Waals surface area contributed by atoms with Crippen molar-refractivity contribution in [3.63, 3.8) is 0 Å². The molecule has 1 saturated heterocycles. The van der Waals surface area contributed by atoms with Gasteiger partial charge in [0.1, 0.15) is 29.1 Å². The monoisotopic (exact) mass is 536 g/mol. The van der Waals surface area contributed by atoms with Gasteiger partial charge in [0.05, 0.1) is 44.9 Å². The lowest BCUT2D eigenvalue weighted by molar-refractivity contribution is -0.121. The van der Waals surface area contributed by atoms with Gasteiger partial charge in [-0.1, -0.05) is 12.8 Å². The van der Waals surface area contributed by atoms with Gasteiger partial charge in [0.15, 0.2) is 0 Å². The zero-order valence-electron chi connectivity index (χ0n) is 22.6. The maximum absolute atomic E-state index is 14.0. The van der Waals surface area contributed by atoms with E-state index in [1.807, 2.05) is 6.07 Å². The van der Waals surface area contributed by atoms with Crippen LogP contribution in [-0.4, -0.2) is 74.0 Å². The second-order valence-corrected chi connectivity index (χ2v) is 10.1. The molecule has 1 aromatic heterocycles. The second-order valence-electron chi connectivity index (χ2n) is 10.1. The molecule has 0 spiro atoms. The Balaban J connectivity index is 1.51. The summed E-state index contributed by atoms with van der Waals surface area (Å²) in [4.78, 5) is 34.0. The van der Waals surface area contributed by atoms with Crippen molar-refractivity contribution in [2.75, 3.05) is 53.7 Å². The first-order valence-corrected chi connectivity index (χ1v) is 13.5. The minimum atomic E-state index is -0.827. The van der Waals surface area contributed by atoms with Gasteiger partial charge in [0, 0.05) is 31.3 Å². The third-order valence-corrected chi connectivity index (χ3v) is 7.37. The van der Waals surface area contributed by atoms with Crippen LogP contribution in [0.5, 0.6) is 17.2 Å². The van der Waals surface area contributed by atoms with E-state index in [-0.39, 0.29) is 5.56 Å². The molecule has 10 nitrogen and oxygen atoms in total. The van der Waals surface area contributed by atoms with E-state index < -0.39 is 11.9 Å². The van der Waals surface area contributed by atoms with Crippen molar-refractivity contribution < 1.29 is 23.7 Å². The van der Waals surface area contributed by atoms with Crippen molar-refractivity contribution in [2.24, 2.45) is 11.7 Å². The van der Waals surface area contributed by atoms with Crippen molar-refractivity contribution in [2.45, 2.75) is 31.7 Å². The fourth-order valence-electron chi connectivity index (χ4n) is 5.02. The molecule has 2 aliphatic rings. The van der Waals surface area contributed by atoms with Gasteiger partial charge in [-0.25, -0.2) is 4.98 Å². The molecule has 2 N–H and O–H groups in total. The average molecular weight is 537 g/mol. The minimum absolute atomic E-state index is 0.333. The molecule has 5 rings (SSSR count). The number of ether oxygens (including phenoxy) is 4. The van der Waals surface area contributed by atoms with Crippen molar-refractivity contribution in [1.29, 1.82) is 0 Å². The molecular weight excluding hydrogens is 500 g/mol. The Hall–Kier alpha value is -3.63. The predicted octanol–water partition coefficient (Wildman–Crippen LogP) is 3.01. The van der Waals surface area contributed by atoms with Crippen LogP contribution in [-0.2, 0) is 9.53 Å². The number of hydrogen-bond donors (Lipinski definition) is 1. The van der Waals surface area contributed by atoms with E-state index in [2.05, 4.69) is 4.90 Å². The van der Waals surface area contributed by atoms with Gasteiger partial charge in [0.2, 0.25) is 5.91 Å². The number of primary amides is 1. The van der Waals surface area contributed by atoms with Crippen LogP contribution in [0.15, 0.2) is 41.2 Å². The third-order valence-electron chi connectivity index (χ3n) is 7.37. The number of morpholine rings is 1. The van der Waals surface area contributed by atoms with Gasteiger partial charge < -0.3 is 24.7 Å². The molecule has 1 unspecified atom stereocenters. The van der Waals surface area contributed by atoms with Crippen LogP contribution in [0.25, 0.3) is 22.3 Å². The lowest BCUT2D eigenvalue weighted by Crippen LogP contribution is -2.37. The van der Waals surface area contributed by atoms with Gasteiger partial charge in [-0.05, 0) is 49.1 Å². The quantitative estimate of drug-likeness (QED) is 0.351. The number of carbonyl (C=O) groups is 1. The molecule has 208 valence electrons. The van der Waals surface area contributed by atoms with E-state index in [0.29, 0.717) is 58.5 Å². The van der Waals surface area contributed by atoms with Crippen molar-refractivity contribution in [3.8, 4) is 28.6 Å².